The first-order chi connectivity index (χ1) is 7.74. The zero-order valence-corrected chi connectivity index (χ0v) is 9.03. The number of carbonyl (C=O) groups excluding carboxylic acids is 1. The molecule has 0 spiro atoms. The molecule has 1 aromatic carbocycles. The molecule has 0 radical (unpaired) electrons. The van der Waals surface area contributed by atoms with Gasteiger partial charge in [0.1, 0.15) is 0 Å². The summed E-state index contributed by atoms with van der Waals surface area (Å²) in [6.07, 6.45) is 0.334. The van der Waals surface area contributed by atoms with Gasteiger partial charge in [-0.2, -0.15) is 0 Å². The van der Waals surface area contributed by atoms with E-state index in [-0.39, 0.29) is 0 Å². The van der Waals surface area contributed by atoms with Crippen LogP contribution in [0.2, 0.25) is 0 Å². The number of benzene rings is 1. The minimum Gasteiger partial charge on any atom is -0.428 e. The fourth-order valence-electron chi connectivity index (χ4n) is 1.72. The highest BCUT2D eigenvalue weighted by molar-refractivity contribution is 7.20. The molecule has 0 aliphatic carbocycles. The Balaban J connectivity index is 2.13. The molecule has 0 amide bonds. The minimum atomic E-state index is -1.10. The molecule has 1 unspecified atom stereocenters. The average Bonchev–Trinajstić information content (AvgIpc) is 2.81. The molecule has 1 aliphatic rings. The predicted molar refractivity (Wildman–Crippen MR) is 61.9 cm³/mol. The number of aliphatic hydroxyl groups is 1. The van der Waals surface area contributed by atoms with Gasteiger partial charge >= 0.3 is 5.97 Å². The van der Waals surface area contributed by atoms with Crippen LogP contribution in [0.3, 0.4) is 0 Å². The molecular formula is C12H8O3S. The number of rotatable bonds is 1. The van der Waals surface area contributed by atoms with Crippen molar-refractivity contribution in [3.05, 3.63) is 41.3 Å². The van der Waals surface area contributed by atoms with Crippen molar-refractivity contribution in [2.24, 2.45) is 0 Å². The van der Waals surface area contributed by atoms with Crippen LogP contribution in [0.4, 0.5) is 0 Å². The molecule has 2 heterocycles. The van der Waals surface area contributed by atoms with E-state index in [1.807, 2.05) is 30.3 Å². The largest absolute Gasteiger partial charge is 0.428 e. The van der Waals surface area contributed by atoms with E-state index in [1.54, 1.807) is 0 Å². The normalized spacial score (nSPS) is 19.9. The van der Waals surface area contributed by atoms with Crippen LogP contribution in [0, 0.1) is 0 Å². The highest BCUT2D eigenvalue weighted by Crippen LogP contribution is 2.33. The zero-order valence-electron chi connectivity index (χ0n) is 8.21. The van der Waals surface area contributed by atoms with Gasteiger partial charge in [-0.25, -0.2) is 4.79 Å². The SMILES string of the molecule is O=C1OC(O)C=C1c1cc2ccccc2s1. The summed E-state index contributed by atoms with van der Waals surface area (Å²) in [6.45, 7) is 0. The Labute approximate surface area is 95.6 Å². The van der Waals surface area contributed by atoms with Crippen LogP contribution in [0.1, 0.15) is 4.88 Å². The lowest BCUT2D eigenvalue weighted by atomic mass is 10.2. The lowest BCUT2D eigenvalue weighted by molar-refractivity contribution is -0.149. The first kappa shape index (κ1) is 9.57. The standard InChI is InChI=1S/C12H8O3S/c13-11-6-8(12(14)15-11)10-5-7-3-1-2-4-9(7)16-10/h1-6,11,13H. The van der Waals surface area contributed by atoms with Crippen molar-refractivity contribution in [1.82, 2.24) is 0 Å². The Hall–Kier alpha value is -1.65. The molecule has 16 heavy (non-hydrogen) atoms. The number of esters is 1. The molecule has 1 aliphatic heterocycles. The van der Waals surface area contributed by atoms with Crippen molar-refractivity contribution in [3.8, 4) is 0 Å². The highest BCUT2D eigenvalue weighted by atomic mass is 32.1. The Morgan fingerprint density at radius 1 is 1.31 bits per heavy atom. The van der Waals surface area contributed by atoms with E-state index in [0.717, 1.165) is 15.0 Å². The second kappa shape index (κ2) is 3.43. The summed E-state index contributed by atoms with van der Waals surface area (Å²) >= 11 is 1.52. The molecule has 0 saturated carbocycles. The van der Waals surface area contributed by atoms with Crippen molar-refractivity contribution in [2.75, 3.05) is 0 Å². The number of thiophene rings is 1. The van der Waals surface area contributed by atoms with Gasteiger partial charge in [-0.1, -0.05) is 18.2 Å². The van der Waals surface area contributed by atoms with Crippen molar-refractivity contribution in [3.63, 3.8) is 0 Å². The van der Waals surface area contributed by atoms with E-state index in [0.29, 0.717) is 5.57 Å². The summed E-state index contributed by atoms with van der Waals surface area (Å²) in [5.41, 5.74) is 0.452. The van der Waals surface area contributed by atoms with Gasteiger partial charge in [0.15, 0.2) is 0 Å². The number of aliphatic hydroxyl groups excluding tert-OH is 1. The van der Waals surface area contributed by atoms with Gasteiger partial charge in [0.25, 0.3) is 0 Å². The summed E-state index contributed by atoms with van der Waals surface area (Å²) in [5.74, 6) is -0.459. The highest BCUT2D eigenvalue weighted by Gasteiger charge is 2.26. The van der Waals surface area contributed by atoms with E-state index in [9.17, 15) is 9.90 Å². The molecular weight excluding hydrogens is 224 g/mol. The number of hydrogen-bond acceptors (Lipinski definition) is 4. The zero-order chi connectivity index (χ0) is 11.1. The Kier molecular flexibility index (Phi) is 2.05. The Bertz CT molecular complexity index is 564. The number of hydrogen-bond donors (Lipinski definition) is 1. The summed E-state index contributed by atoms with van der Waals surface area (Å²) in [4.78, 5) is 12.3. The maximum atomic E-state index is 11.4. The molecule has 2 aromatic rings. The van der Waals surface area contributed by atoms with Crippen LogP contribution >= 0.6 is 11.3 Å². The summed E-state index contributed by atoms with van der Waals surface area (Å²) in [7, 11) is 0. The molecule has 1 N–H and O–H groups in total. The van der Waals surface area contributed by atoms with E-state index < -0.39 is 12.3 Å². The third kappa shape index (κ3) is 1.43. The maximum Gasteiger partial charge on any atom is 0.342 e. The smallest absolute Gasteiger partial charge is 0.342 e. The summed E-state index contributed by atoms with van der Waals surface area (Å²) in [5, 5.41) is 10.3. The third-order valence-corrected chi connectivity index (χ3v) is 3.60. The van der Waals surface area contributed by atoms with Gasteiger partial charge < -0.3 is 9.84 Å². The van der Waals surface area contributed by atoms with Crippen LogP contribution in [-0.2, 0) is 9.53 Å². The van der Waals surface area contributed by atoms with Crippen LogP contribution in [-0.4, -0.2) is 17.4 Å². The van der Waals surface area contributed by atoms with Gasteiger partial charge in [0.05, 0.1) is 5.57 Å². The van der Waals surface area contributed by atoms with Gasteiger partial charge in [-0.15, -0.1) is 11.3 Å². The lowest BCUT2D eigenvalue weighted by Gasteiger charge is -1.96. The predicted octanol–water partition coefficient (Wildman–Crippen LogP) is 2.16. The van der Waals surface area contributed by atoms with Gasteiger partial charge in [-0.05, 0) is 23.6 Å². The third-order valence-electron chi connectivity index (χ3n) is 2.45. The second-order valence-corrected chi connectivity index (χ2v) is 4.61. The quantitative estimate of drug-likeness (QED) is 0.766. The number of ether oxygens (including phenoxy) is 1. The van der Waals surface area contributed by atoms with E-state index >= 15 is 0 Å². The first-order valence-electron chi connectivity index (χ1n) is 4.84. The lowest BCUT2D eigenvalue weighted by Crippen LogP contribution is -2.05. The Morgan fingerprint density at radius 2 is 2.12 bits per heavy atom. The van der Waals surface area contributed by atoms with Crippen molar-refractivity contribution in [1.29, 1.82) is 0 Å². The molecule has 0 fully saturated rings. The molecule has 1 aromatic heterocycles. The number of fused-ring (bicyclic) bond motifs is 1. The van der Waals surface area contributed by atoms with Crippen molar-refractivity contribution < 1.29 is 14.6 Å². The van der Waals surface area contributed by atoms with Crippen LogP contribution in [0.25, 0.3) is 15.7 Å². The van der Waals surface area contributed by atoms with Gasteiger partial charge in [-0.3, -0.25) is 0 Å². The van der Waals surface area contributed by atoms with E-state index in [2.05, 4.69) is 4.74 Å². The molecule has 3 nitrogen and oxygen atoms in total. The van der Waals surface area contributed by atoms with E-state index in [1.165, 1.54) is 17.4 Å². The fourth-order valence-corrected chi connectivity index (χ4v) is 2.79. The topological polar surface area (TPSA) is 46.5 Å². The minimum absolute atomic E-state index is 0.452. The number of carbonyl (C=O) groups is 1. The second-order valence-electron chi connectivity index (χ2n) is 3.52. The van der Waals surface area contributed by atoms with Gasteiger partial charge in [0.2, 0.25) is 6.29 Å². The van der Waals surface area contributed by atoms with Crippen LogP contribution < -0.4 is 0 Å². The molecule has 0 bridgehead atoms. The molecule has 3 rings (SSSR count). The monoisotopic (exact) mass is 232 g/mol. The fraction of sp³-hybridized carbons (Fsp3) is 0.0833. The summed E-state index contributed by atoms with van der Waals surface area (Å²) < 4.78 is 5.77. The molecule has 1 atom stereocenters. The number of cyclic esters (lactones) is 1. The molecule has 4 heteroatoms. The van der Waals surface area contributed by atoms with Crippen molar-refractivity contribution in [2.45, 2.75) is 6.29 Å². The van der Waals surface area contributed by atoms with Crippen LogP contribution in [0.5, 0.6) is 0 Å². The summed E-state index contributed by atoms with van der Waals surface area (Å²) in [6, 6.07) is 9.84. The molecule has 80 valence electrons. The average molecular weight is 232 g/mol. The van der Waals surface area contributed by atoms with Crippen molar-refractivity contribution >= 4 is 33.0 Å². The van der Waals surface area contributed by atoms with Crippen LogP contribution in [0.15, 0.2) is 36.4 Å². The van der Waals surface area contributed by atoms with E-state index in [4.69, 9.17) is 0 Å². The maximum absolute atomic E-state index is 11.4. The Morgan fingerprint density at radius 3 is 2.81 bits per heavy atom. The molecule has 0 saturated heterocycles. The van der Waals surface area contributed by atoms with Gasteiger partial charge in [0, 0.05) is 9.58 Å². The first-order valence-corrected chi connectivity index (χ1v) is 5.65.